The van der Waals surface area contributed by atoms with Gasteiger partial charge in [0.05, 0.1) is 6.54 Å². The van der Waals surface area contributed by atoms with E-state index in [-0.39, 0.29) is 29.8 Å². The van der Waals surface area contributed by atoms with Crippen LogP contribution in [-0.2, 0) is 11.3 Å². The molecule has 3 rings (SSSR count). The van der Waals surface area contributed by atoms with Crippen LogP contribution in [0.25, 0.3) is 0 Å². The predicted molar refractivity (Wildman–Crippen MR) is 132 cm³/mol. The third-order valence-corrected chi connectivity index (χ3v) is 5.49. The second kappa shape index (κ2) is 12.8. The van der Waals surface area contributed by atoms with Crippen molar-refractivity contribution in [2.45, 2.75) is 39.2 Å². The summed E-state index contributed by atoms with van der Waals surface area (Å²) in [6, 6.07) is 9.79. The van der Waals surface area contributed by atoms with Gasteiger partial charge in [0.1, 0.15) is 11.6 Å². The largest absolute Gasteiger partial charge is 0.439 e. The van der Waals surface area contributed by atoms with Gasteiger partial charge in [0.15, 0.2) is 5.96 Å². The van der Waals surface area contributed by atoms with Crippen LogP contribution >= 0.6 is 24.0 Å². The molecule has 1 aromatic carbocycles. The summed E-state index contributed by atoms with van der Waals surface area (Å²) in [7, 11) is 1.75. The lowest BCUT2D eigenvalue weighted by Gasteiger charge is -2.42. The van der Waals surface area contributed by atoms with Gasteiger partial charge in [-0.05, 0) is 49.8 Å². The molecule has 0 spiro atoms. The highest BCUT2D eigenvalue weighted by atomic mass is 127. The fourth-order valence-electron chi connectivity index (χ4n) is 3.57. The Kier molecular flexibility index (Phi) is 10.5. The number of benzene rings is 1. The van der Waals surface area contributed by atoms with E-state index in [1.54, 1.807) is 25.4 Å². The van der Waals surface area contributed by atoms with E-state index in [2.05, 4.69) is 15.6 Å². The molecule has 0 aliphatic heterocycles. The van der Waals surface area contributed by atoms with E-state index in [0.29, 0.717) is 23.6 Å². The predicted octanol–water partition coefficient (Wildman–Crippen LogP) is 4.89. The molecule has 6 nitrogen and oxygen atoms in total. The quantitative estimate of drug-likeness (QED) is 0.254. The summed E-state index contributed by atoms with van der Waals surface area (Å²) in [5.41, 5.74) is 1.13. The molecule has 0 amide bonds. The van der Waals surface area contributed by atoms with Gasteiger partial charge >= 0.3 is 0 Å². The van der Waals surface area contributed by atoms with Crippen molar-refractivity contribution in [1.82, 2.24) is 15.6 Å². The molecule has 2 aromatic rings. The van der Waals surface area contributed by atoms with E-state index in [1.165, 1.54) is 31.4 Å². The molecule has 1 saturated carbocycles. The number of aliphatic imine (C=N–C) groups is 1. The normalized spacial score (nSPS) is 14.9. The first-order valence-corrected chi connectivity index (χ1v) is 10.5. The number of hydrogen-bond acceptors (Lipinski definition) is 4. The molecule has 0 unspecified atom stereocenters. The number of rotatable bonds is 10. The summed E-state index contributed by atoms with van der Waals surface area (Å²) >= 11 is 0. The van der Waals surface area contributed by atoms with Gasteiger partial charge < -0.3 is 20.1 Å². The summed E-state index contributed by atoms with van der Waals surface area (Å²) < 4.78 is 24.5. The summed E-state index contributed by atoms with van der Waals surface area (Å²) in [4.78, 5) is 9.01. The van der Waals surface area contributed by atoms with Crippen molar-refractivity contribution in [3.63, 3.8) is 0 Å². The lowest BCUT2D eigenvalue weighted by molar-refractivity contribution is 0.0732. The second-order valence-corrected chi connectivity index (χ2v) is 7.67. The lowest BCUT2D eigenvalue weighted by atomic mass is 9.67. The Hall–Kier alpha value is -1.94. The number of nitrogens with zero attached hydrogens (tertiary/aromatic N) is 2. The Morgan fingerprint density at radius 1 is 1.23 bits per heavy atom. The van der Waals surface area contributed by atoms with E-state index in [1.807, 2.05) is 19.1 Å². The van der Waals surface area contributed by atoms with Gasteiger partial charge in [-0.3, -0.25) is 0 Å². The fourth-order valence-corrected chi connectivity index (χ4v) is 3.57. The van der Waals surface area contributed by atoms with E-state index in [0.717, 1.165) is 37.6 Å². The lowest BCUT2D eigenvalue weighted by Crippen LogP contribution is -2.46. The van der Waals surface area contributed by atoms with Crippen LogP contribution in [0.4, 0.5) is 4.39 Å². The molecule has 0 radical (unpaired) electrons. The zero-order chi connectivity index (χ0) is 21.2. The smallest absolute Gasteiger partial charge is 0.224 e. The molecule has 0 saturated heterocycles. The Morgan fingerprint density at radius 3 is 2.74 bits per heavy atom. The second-order valence-electron chi connectivity index (χ2n) is 7.67. The molecule has 170 valence electrons. The molecule has 1 fully saturated rings. The third-order valence-electron chi connectivity index (χ3n) is 5.49. The highest BCUT2D eigenvalue weighted by molar-refractivity contribution is 14.0. The maximum absolute atomic E-state index is 13.5. The topological polar surface area (TPSA) is 67.8 Å². The van der Waals surface area contributed by atoms with Gasteiger partial charge in [-0.1, -0.05) is 18.6 Å². The van der Waals surface area contributed by atoms with Crippen molar-refractivity contribution < 1.29 is 13.9 Å². The van der Waals surface area contributed by atoms with E-state index >= 15 is 0 Å². The number of aromatic nitrogens is 1. The molecule has 1 aliphatic rings. The van der Waals surface area contributed by atoms with Crippen LogP contribution in [0.2, 0.25) is 0 Å². The maximum Gasteiger partial charge on any atom is 0.224 e. The molecule has 31 heavy (non-hydrogen) atoms. The molecule has 8 heteroatoms. The first-order valence-electron chi connectivity index (χ1n) is 10.5. The zero-order valence-electron chi connectivity index (χ0n) is 18.2. The Bertz CT molecular complexity index is 846. The summed E-state index contributed by atoms with van der Waals surface area (Å²) in [5.74, 6) is 1.26. The number of guanidine groups is 1. The van der Waals surface area contributed by atoms with Crippen molar-refractivity contribution in [1.29, 1.82) is 0 Å². The summed E-state index contributed by atoms with van der Waals surface area (Å²) in [5, 5.41) is 6.79. The first kappa shape index (κ1) is 25.3. The number of halogens is 2. The molecular formula is C23H32FIN4O2. The molecular weight excluding hydrogens is 510 g/mol. The minimum atomic E-state index is -0.347. The van der Waals surface area contributed by atoms with Crippen LogP contribution in [0, 0.1) is 11.2 Å². The minimum absolute atomic E-state index is 0. The van der Waals surface area contributed by atoms with Gasteiger partial charge in [0, 0.05) is 44.6 Å². The van der Waals surface area contributed by atoms with Gasteiger partial charge in [0.25, 0.3) is 0 Å². The third kappa shape index (κ3) is 7.60. The van der Waals surface area contributed by atoms with Crippen molar-refractivity contribution in [2.24, 2.45) is 10.4 Å². The Labute approximate surface area is 201 Å². The SMILES string of the molecule is CCNC(=NCc1cccnc1Oc1cccc(F)c1)NCC1(CCOC)CCC1.I. The first-order chi connectivity index (χ1) is 14.6. The highest BCUT2D eigenvalue weighted by Gasteiger charge is 2.36. The van der Waals surface area contributed by atoms with E-state index < -0.39 is 0 Å². The fraction of sp³-hybridized carbons (Fsp3) is 0.478. The van der Waals surface area contributed by atoms with Gasteiger partial charge in [0.2, 0.25) is 5.88 Å². The highest BCUT2D eigenvalue weighted by Crippen LogP contribution is 2.43. The zero-order valence-corrected chi connectivity index (χ0v) is 20.5. The van der Waals surface area contributed by atoms with Gasteiger partial charge in [-0.25, -0.2) is 14.4 Å². The standard InChI is InChI=1S/C23H31FN4O2.HI/c1-3-25-22(28-17-23(10-6-11-23)12-14-29-2)27-16-18-7-5-13-26-21(18)30-20-9-4-8-19(24)15-20;/h4-5,7-9,13,15H,3,6,10-12,14,16-17H2,1-2H3,(H2,25,27,28);1H. The van der Waals surface area contributed by atoms with Crippen LogP contribution < -0.4 is 15.4 Å². The minimum Gasteiger partial charge on any atom is -0.439 e. The molecule has 0 bridgehead atoms. The molecule has 1 heterocycles. The number of nitrogens with one attached hydrogen (secondary N) is 2. The van der Waals surface area contributed by atoms with Crippen LogP contribution in [0.3, 0.4) is 0 Å². The molecule has 1 aromatic heterocycles. The number of hydrogen-bond donors (Lipinski definition) is 2. The van der Waals surface area contributed by atoms with Crippen LogP contribution in [-0.4, -0.2) is 37.7 Å². The Morgan fingerprint density at radius 2 is 2.06 bits per heavy atom. The van der Waals surface area contributed by atoms with E-state index in [9.17, 15) is 4.39 Å². The molecule has 1 aliphatic carbocycles. The van der Waals surface area contributed by atoms with Gasteiger partial charge in [-0.15, -0.1) is 24.0 Å². The van der Waals surface area contributed by atoms with Crippen molar-refractivity contribution in [3.8, 4) is 11.6 Å². The van der Waals surface area contributed by atoms with Crippen LogP contribution in [0.5, 0.6) is 11.6 Å². The van der Waals surface area contributed by atoms with Gasteiger partial charge in [-0.2, -0.15) is 0 Å². The van der Waals surface area contributed by atoms with Crippen molar-refractivity contribution >= 4 is 29.9 Å². The van der Waals surface area contributed by atoms with Crippen molar-refractivity contribution in [2.75, 3.05) is 26.8 Å². The monoisotopic (exact) mass is 542 g/mol. The summed E-state index contributed by atoms with van der Waals surface area (Å²) in [6.07, 6.45) is 6.43. The maximum atomic E-state index is 13.5. The average Bonchev–Trinajstić information content (AvgIpc) is 2.72. The van der Waals surface area contributed by atoms with Crippen LogP contribution in [0.15, 0.2) is 47.6 Å². The number of methoxy groups -OCH3 is 1. The number of pyridine rings is 1. The molecule has 0 atom stereocenters. The molecule has 2 N–H and O–H groups in total. The summed E-state index contributed by atoms with van der Waals surface area (Å²) in [6.45, 7) is 4.88. The van der Waals surface area contributed by atoms with Crippen LogP contribution in [0.1, 0.15) is 38.2 Å². The average molecular weight is 542 g/mol. The Balaban J connectivity index is 0.00000341. The van der Waals surface area contributed by atoms with Crippen molar-refractivity contribution in [3.05, 3.63) is 54.0 Å². The van der Waals surface area contributed by atoms with E-state index in [4.69, 9.17) is 14.5 Å². The number of ether oxygens (including phenoxy) is 2.